The van der Waals surface area contributed by atoms with Crippen molar-refractivity contribution in [3.8, 4) is 11.3 Å². The quantitative estimate of drug-likeness (QED) is 0.332. The minimum atomic E-state index is -1.27. The molecule has 0 spiro atoms. The molecule has 2 atom stereocenters. The van der Waals surface area contributed by atoms with Gasteiger partial charge in [-0.2, -0.15) is 0 Å². The first-order valence-electron chi connectivity index (χ1n) is 10.9. The van der Waals surface area contributed by atoms with Gasteiger partial charge >= 0.3 is 0 Å². The van der Waals surface area contributed by atoms with E-state index in [9.17, 15) is 17.6 Å². The molecule has 0 unspecified atom stereocenters. The van der Waals surface area contributed by atoms with E-state index in [0.717, 1.165) is 11.6 Å². The van der Waals surface area contributed by atoms with Gasteiger partial charge in [0.05, 0.1) is 11.7 Å². The predicted molar refractivity (Wildman–Crippen MR) is 122 cm³/mol. The van der Waals surface area contributed by atoms with Crippen LogP contribution in [0.2, 0.25) is 0 Å². The van der Waals surface area contributed by atoms with Crippen LogP contribution in [0.25, 0.3) is 11.3 Å². The number of imidazole rings is 1. The molecular weight excluding hydrogens is 432 g/mol. The van der Waals surface area contributed by atoms with Crippen molar-refractivity contribution in [3.63, 3.8) is 0 Å². The lowest BCUT2D eigenvalue weighted by molar-refractivity contribution is 0.252. The number of alkyl halides is 1. The highest BCUT2D eigenvalue weighted by Crippen LogP contribution is 2.35. The molecule has 0 fully saturated rings. The van der Waals surface area contributed by atoms with Gasteiger partial charge < -0.3 is 15.6 Å². The number of nitrogens with one attached hydrogen (secondary N) is 1. The molecule has 1 heterocycles. The van der Waals surface area contributed by atoms with E-state index in [1.165, 1.54) is 0 Å². The molecule has 0 bridgehead atoms. The Morgan fingerprint density at radius 2 is 1.79 bits per heavy atom. The summed E-state index contributed by atoms with van der Waals surface area (Å²) in [5.74, 6) is -2.72. The molecule has 0 aliphatic carbocycles. The van der Waals surface area contributed by atoms with Crippen molar-refractivity contribution in [2.24, 2.45) is 11.1 Å². The second kappa shape index (κ2) is 10.5. The molecule has 33 heavy (non-hydrogen) atoms. The van der Waals surface area contributed by atoms with E-state index in [0.29, 0.717) is 31.4 Å². The average molecular weight is 463 g/mol. The van der Waals surface area contributed by atoms with E-state index in [2.05, 4.69) is 10.3 Å². The maximum Gasteiger partial charge on any atom is 0.168 e. The zero-order valence-corrected chi connectivity index (χ0v) is 19.1. The average Bonchev–Trinajstić information content (AvgIpc) is 3.16. The summed E-state index contributed by atoms with van der Waals surface area (Å²) in [5.41, 5.74) is 6.26. The first-order chi connectivity index (χ1) is 15.6. The summed E-state index contributed by atoms with van der Waals surface area (Å²) in [6.45, 7) is 6.32. The SMILES string of the molecule is CC(C)(C)[C@@H](NCC[C@@H](N)CF)c1nc(-c2cc(F)cc(F)c2F)cn1Cc1ccccc1. The van der Waals surface area contributed by atoms with Gasteiger partial charge in [-0.05, 0) is 30.0 Å². The molecule has 178 valence electrons. The molecule has 2 aromatic carbocycles. The van der Waals surface area contributed by atoms with Crippen LogP contribution in [0.3, 0.4) is 0 Å². The third kappa shape index (κ3) is 6.21. The van der Waals surface area contributed by atoms with Crippen LogP contribution >= 0.6 is 0 Å². The Morgan fingerprint density at radius 3 is 2.42 bits per heavy atom. The van der Waals surface area contributed by atoms with Crippen LogP contribution in [0.5, 0.6) is 0 Å². The minimum absolute atomic E-state index is 0.133. The lowest BCUT2D eigenvalue weighted by Gasteiger charge is -2.32. The van der Waals surface area contributed by atoms with Crippen LogP contribution in [0.15, 0.2) is 48.7 Å². The van der Waals surface area contributed by atoms with E-state index < -0.39 is 30.2 Å². The minimum Gasteiger partial charge on any atom is -0.329 e. The Morgan fingerprint density at radius 1 is 1.09 bits per heavy atom. The maximum absolute atomic E-state index is 14.5. The summed E-state index contributed by atoms with van der Waals surface area (Å²) < 4.78 is 57.0. The molecule has 0 aliphatic heterocycles. The Kier molecular flexibility index (Phi) is 7.92. The van der Waals surface area contributed by atoms with Crippen LogP contribution in [0.4, 0.5) is 17.6 Å². The smallest absolute Gasteiger partial charge is 0.168 e. The number of hydrogen-bond acceptors (Lipinski definition) is 3. The first-order valence-corrected chi connectivity index (χ1v) is 10.9. The van der Waals surface area contributed by atoms with Gasteiger partial charge in [-0.25, -0.2) is 22.5 Å². The number of nitrogens with two attached hydrogens (primary N) is 1. The van der Waals surface area contributed by atoms with Gasteiger partial charge in [-0.1, -0.05) is 51.1 Å². The Balaban J connectivity index is 2.06. The van der Waals surface area contributed by atoms with E-state index in [1.54, 1.807) is 6.20 Å². The molecule has 0 amide bonds. The predicted octanol–water partition coefficient (Wildman–Crippen LogP) is 5.38. The van der Waals surface area contributed by atoms with Crippen LogP contribution in [0, 0.1) is 22.9 Å². The van der Waals surface area contributed by atoms with Crippen LogP contribution < -0.4 is 11.1 Å². The lowest BCUT2D eigenvalue weighted by atomic mass is 9.86. The molecule has 0 aliphatic rings. The van der Waals surface area contributed by atoms with E-state index in [4.69, 9.17) is 5.73 Å². The number of benzene rings is 2. The second-order valence-electron chi connectivity index (χ2n) is 9.30. The fraction of sp³-hybridized carbons (Fsp3) is 0.400. The summed E-state index contributed by atoms with van der Waals surface area (Å²) >= 11 is 0. The molecule has 3 aromatic rings. The van der Waals surface area contributed by atoms with Crippen molar-refractivity contribution in [2.75, 3.05) is 13.2 Å². The Hall–Kier alpha value is -2.71. The molecule has 3 rings (SSSR count). The van der Waals surface area contributed by atoms with Gasteiger partial charge in [-0.3, -0.25) is 0 Å². The summed E-state index contributed by atoms with van der Waals surface area (Å²) in [5, 5.41) is 3.40. The summed E-state index contributed by atoms with van der Waals surface area (Å²) in [4.78, 5) is 4.63. The Labute approximate surface area is 191 Å². The number of halogens is 4. The van der Waals surface area contributed by atoms with E-state index in [1.807, 2.05) is 55.7 Å². The molecular formula is C25H30F4N4. The van der Waals surface area contributed by atoms with Crippen LogP contribution in [-0.4, -0.2) is 28.8 Å². The molecule has 0 radical (unpaired) electrons. The highest BCUT2D eigenvalue weighted by molar-refractivity contribution is 5.60. The molecule has 8 heteroatoms. The lowest BCUT2D eigenvalue weighted by Crippen LogP contribution is -2.37. The topological polar surface area (TPSA) is 55.9 Å². The van der Waals surface area contributed by atoms with Crippen molar-refractivity contribution in [3.05, 3.63) is 77.5 Å². The second-order valence-corrected chi connectivity index (χ2v) is 9.30. The number of rotatable bonds is 9. The zero-order valence-electron chi connectivity index (χ0n) is 19.1. The van der Waals surface area contributed by atoms with Crippen molar-refractivity contribution >= 4 is 0 Å². The molecule has 0 saturated heterocycles. The number of aromatic nitrogens is 2. The first kappa shape index (κ1) is 24.9. The summed E-state index contributed by atoms with van der Waals surface area (Å²) in [6, 6.07) is 10.2. The molecule has 0 saturated carbocycles. The van der Waals surface area contributed by atoms with Crippen molar-refractivity contribution < 1.29 is 17.6 Å². The van der Waals surface area contributed by atoms with Crippen molar-refractivity contribution in [1.82, 2.24) is 14.9 Å². The third-order valence-corrected chi connectivity index (χ3v) is 5.46. The fourth-order valence-electron chi connectivity index (χ4n) is 3.71. The maximum atomic E-state index is 14.5. The van der Waals surface area contributed by atoms with Gasteiger partial charge in [0.1, 0.15) is 18.3 Å². The number of nitrogens with zero attached hydrogens (tertiary/aromatic N) is 2. The molecule has 3 N–H and O–H groups in total. The van der Waals surface area contributed by atoms with Gasteiger partial charge in [-0.15, -0.1) is 0 Å². The van der Waals surface area contributed by atoms with Crippen molar-refractivity contribution in [2.45, 2.75) is 45.8 Å². The summed E-state index contributed by atoms with van der Waals surface area (Å²) in [6.07, 6.45) is 2.03. The van der Waals surface area contributed by atoms with E-state index in [-0.39, 0.29) is 22.7 Å². The van der Waals surface area contributed by atoms with Gasteiger partial charge in [0.15, 0.2) is 11.6 Å². The zero-order chi connectivity index (χ0) is 24.2. The van der Waals surface area contributed by atoms with Gasteiger partial charge in [0.2, 0.25) is 0 Å². The highest BCUT2D eigenvalue weighted by atomic mass is 19.2. The normalized spacial score (nSPS) is 13.8. The van der Waals surface area contributed by atoms with Gasteiger partial charge in [0.25, 0.3) is 0 Å². The monoisotopic (exact) mass is 462 g/mol. The summed E-state index contributed by atoms with van der Waals surface area (Å²) in [7, 11) is 0. The standard InChI is InChI=1S/C25H30F4N4/c1-25(2,3)23(31-10-9-18(30)13-26)24-32-21(19-11-17(27)12-20(28)22(19)29)15-33(24)14-16-7-5-4-6-8-16/h4-8,11-12,15,18,23,31H,9-10,13-14,30H2,1-3H3/t18-,23+/m1/s1. The number of hydrogen-bond donors (Lipinski definition) is 2. The fourth-order valence-corrected chi connectivity index (χ4v) is 3.71. The Bertz CT molecular complexity index is 1060. The molecule has 4 nitrogen and oxygen atoms in total. The molecule has 1 aromatic heterocycles. The highest BCUT2D eigenvalue weighted by Gasteiger charge is 2.31. The van der Waals surface area contributed by atoms with Crippen LogP contribution in [0.1, 0.15) is 44.6 Å². The van der Waals surface area contributed by atoms with Gasteiger partial charge in [0, 0.05) is 30.4 Å². The van der Waals surface area contributed by atoms with Crippen molar-refractivity contribution in [1.29, 1.82) is 0 Å². The van der Waals surface area contributed by atoms with E-state index >= 15 is 0 Å². The van der Waals surface area contributed by atoms with Crippen LogP contribution in [-0.2, 0) is 6.54 Å². The largest absolute Gasteiger partial charge is 0.329 e. The third-order valence-electron chi connectivity index (χ3n) is 5.46.